The van der Waals surface area contributed by atoms with Crippen LogP contribution >= 0.6 is 23.4 Å². The number of rotatable bonds is 4. The van der Waals surface area contributed by atoms with Crippen molar-refractivity contribution < 1.29 is 13.6 Å². The quantitative estimate of drug-likeness (QED) is 0.850. The number of thioether (sulfide) groups is 1. The van der Waals surface area contributed by atoms with Gasteiger partial charge in [-0.05, 0) is 42.5 Å². The Labute approximate surface area is 124 Å². The van der Waals surface area contributed by atoms with E-state index in [2.05, 4.69) is 5.32 Å². The number of benzene rings is 2. The van der Waals surface area contributed by atoms with E-state index < -0.39 is 5.82 Å². The molecular formula is C14H10ClF2NOS. The monoisotopic (exact) mass is 313 g/mol. The average molecular weight is 314 g/mol. The Hall–Kier alpha value is -1.59. The molecule has 2 nitrogen and oxygen atoms in total. The molecule has 0 saturated heterocycles. The van der Waals surface area contributed by atoms with E-state index in [1.54, 1.807) is 12.1 Å². The van der Waals surface area contributed by atoms with E-state index in [4.69, 9.17) is 11.6 Å². The number of hydrogen-bond donors (Lipinski definition) is 1. The van der Waals surface area contributed by atoms with Crippen LogP contribution in [0.25, 0.3) is 0 Å². The highest BCUT2D eigenvalue weighted by atomic mass is 35.5. The van der Waals surface area contributed by atoms with Gasteiger partial charge in [-0.3, -0.25) is 4.79 Å². The number of halogens is 3. The van der Waals surface area contributed by atoms with Gasteiger partial charge in [-0.2, -0.15) is 0 Å². The number of carbonyl (C=O) groups is 1. The van der Waals surface area contributed by atoms with Crippen LogP contribution in [-0.2, 0) is 4.79 Å². The highest BCUT2D eigenvalue weighted by molar-refractivity contribution is 8.00. The molecule has 104 valence electrons. The molecule has 20 heavy (non-hydrogen) atoms. The van der Waals surface area contributed by atoms with Crippen molar-refractivity contribution in [2.75, 3.05) is 11.1 Å². The molecule has 1 N–H and O–H groups in total. The highest BCUT2D eigenvalue weighted by Gasteiger charge is 2.07. The molecule has 0 aliphatic rings. The van der Waals surface area contributed by atoms with E-state index in [-0.39, 0.29) is 22.5 Å². The molecule has 2 rings (SSSR count). The highest BCUT2D eigenvalue weighted by Crippen LogP contribution is 2.23. The number of hydrogen-bond acceptors (Lipinski definition) is 2. The van der Waals surface area contributed by atoms with Gasteiger partial charge in [0.1, 0.15) is 11.6 Å². The van der Waals surface area contributed by atoms with Gasteiger partial charge in [0.25, 0.3) is 0 Å². The first kappa shape index (κ1) is 14.8. The van der Waals surface area contributed by atoms with Crippen LogP contribution in [0.3, 0.4) is 0 Å². The molecule has 0 bridgehead atoms. The van der Waals surface area contributed by atoms with Crippen molar-refractivity contribution in [2.45, 2.75) is 4.90 Å². The Kier molecular flexibility index (Phi) is 4.98. The first-order valence-electron chi connectivity index (χ1n) is 5.68. The topological polar surface area (TPSA) is 29.1 Å². The zero-order chi connectivity index (χ0) is 14.5. The minimum atomic E-state index is -0.464. The van der Waals surface area contributed by atoms with Gasteiger partial charge in [0.05, 0.1) is 16.5 Å². The van der Waals surface area contributed by atoms with Crippen LogP contribution < -0.4 is 5.32 Å². The molecule has 0 aliphatic heterocycles. The van der Waals surface area contributed by atoms with Crippen molar-refractivity contribution in [3.8, 4) is 0 Å². The number of carbonyl (C=O) groups excluding carboxylic acids is 1. The van der Waals surface area contributed by atoms with Crippen LogP contribution in [0.15, 0.2) is 47.4 Å². The summed E-state index contributed by atoms with van der Waals surface area (Å²) in [6.07, 6.45) is 0. The predicted molar refractivity (Wildman–Crippen MR) is 77.2 cm³/mol. The first-order valence-corrected chi connectivity index (χ1v) is 7.04. The van der Waals surface area contributed by atoms with Crippen LogP contribution in [0.5, 0.6) is 0 Å². The lowest BCUT2D eigenvalue weighted by Crippen LogP contribution is -2.14. The molecule has 1 amide bonds. The van der Waals surface area contributed by atoms with Crippen LogP contribution in [0, 0.1) is 11.6 Å². The van der Waals surface area contributed by atoms with Crippen molar-refractivity contribution in [2.24, 2.45) is 0 Å². The van der Waals surface area contributed by atoms with E-state index in [1.165, 1.54) is 36.0 Å². The average Bonchev–Trinajstić information content (AvgIpc) is 2.41. The van der Waals surface area contributed by atoms with Gasteiger partial charge in [-0.15, -0.1) is 11.8 Å². The summed E-state index contributed by atoms with van der Waals surface area (Å²) in [6.45, 7) is 0. The third kappa shape index (κ3) is 4.21. The molecule has 0 heterocycles. The van der Waals surface area contributed by atoms with Gasteiger partial charge >= 0.3 is 0 Å². The minimum Gasteiger partial charge on any atom is -0.324 e. The summed E-state index contributed by atoms with van der Waals surface area (Å²) in [5.74, 6) is -0.905. The number of amides is 1. The van der Waals surface area contributed by atoms with Crippen LogP contribution in [0.1, 0.15) is 0 Å². The maximum atomic E-state index is 12.9. The standard InChI is InChI=1S/C14H10ClF2NOS/c15-12-7-10(17)3-6-13(12)18-14(19)8-20-11-4-1-9(16)2-5-11/h1-7H,8H2,(H,18,19). The van der Waals surface area contributed by atoms with Crippen molar-refractivity contribution in [3.05, 3.63) is 59.1 Å². The van der Waals surface area contributed by atoms with E-state index >= 15 is 0 Å². The fourth-order valence-corrected chi connectivity index (χ4v) is 2.37. The Morgan fingerprint density at radius 1 is 1.10 bits per heavy atom. The zero-order valence-electron chi connectivity index (χ0n) is 10.2. The maximum Gasteiger partial charge on any atom is 0.234 e. The predicted octanol–water partition coefficient (Wildman–Crippen LogP) is 4.35. The molecule has 0 unspecified atom stereocenters. The second-order valence-corrected chi connectivity index (χ2v) is 5.37. The first-order chi connectivity index (χ1) is 9.54. The van der Waals surface area contributed by atoms with Crippen molar-refractivity contribution in [3.63, 3.8) is 0 Å². The summed E-state index contributed by atoms with van der Waals surface area (Å²) < 4.78 is 25.6. The van der Waals surface area contributed by atoms with E-state index in [9.17, 15) is 13.6 Å². The molecule has 0 atom stereocenters. The summed E-state index contributed by atoms with van der Waals surface area (Å²) in [7, 11) is 0. The van der Waals surface area contributed by atoms with Crippen LogP contribution in [-0.4, -0.2) is 11.7 Å². The summed E-state index contributed by atoms with van der Waals surface area (Å²) in [5.41, 5.74) is 0.359. The van der Waals surface area contributed by atoms with Crippen molar-refractivity contribution in [1.82, 2.24) is 0 Å². The van der Waals surface area contributed by atoms with Gasteiger partial charge in [0.2, 0.25) is 5.91 Å². The molecule has 2 aromatic carbocycles. The molecule has 0 radical (unpaired) electrons. The SMILES string of the molecule is O=C(CSc1ccc(F)cc1)Nc1ccc(F)cc1Cl. The summed E-state index contributed by atoms with van der Waals surface area (Å²) in [5, 5.41) is 2.73. The lowest BCUT2D eigenvalue weighted by atomic mass is 10.3. The number of anilines is 1. The van der Waals surface area contributed by atoms with Crippen molar-refractivity contribution in [1.29, 1.82) is 0 Å². The summed E-state index contributed by atoms with van der Waals surface area (Å²) in [6, 6.07) is 9.60. The van der Waals surface area contributed by atoms with Crippen LogP contribution in [0.4, 0.5) is 14.5 Å². The molecule has 0 spiro atoms. The number of nitrogens with one attached hydrogen (secondary N) is 1. The van der Waals surface area contributed by atoms with Gasteiger partial charge in [-0.1, -0.05) is 11.6 Å². The maximum absolute atomic E-state index is 12.9. The second-order valence-electron chi connectivity index (χ2n) is 3.91. The Morgan fingerprint density at radius 2 is 1.75 bits per heavy atom. The summed E-state index contributed by atoms with van der Waals surface area (Å²) in [4.78, 5) is 12.5. The molecule has 0 aliphatic carbocycles. The van der Waals surface area contributed by atoms with Crippen molar-refractivity contribution >= 4 is 35.0 Å². The van der Waals surface area contributed by atoms with Gasteiger partial charge in [0, 0.05) is 4.90 Å². The third-order valence-corrected chi connectivity index (χ3v) is 3.71. The van der Waals surface area contributed by atoms with Crippen LogP contribution in [0.2, 0.25) is 5.02 Å². The smallest absolute Gasteiger partial charge is 0.234 e. The Balaban J connectivity index is 1.90. The van der Waals surface area contributed by atoms with Gasteiger partial charge in [0.15, 0.2) is 0 Å². The Bertz CT molecular complexity index is 619. The largest absolute Gasteiger partial charge is 0.324 e. The molecule has 0 fully saturated rings. The van der Waals surface area contributed by atoms with Gasteiger partial charge in [-0.25, -0.2) is 8.78 Å². The van der Waals surface area contributed by atoms with E-state index in [0.717, 1.165) is 11.0 Å². The summed E-state index contributed by atoms with van der Waals surface area (Å²) >= 11 is 7.07. The molecule has 0 saturated carbocycles. The fourth-order valence-electron chi connectivity index (χ4n) is 1.46. The van der Waals surface area contributed by atoms with E-state index in [0.29, 0.717) is 5.69 Å². The van der Waals surface area contributed by atoms with E-state index in [1.807, 2.05) is 0 Å². The molecule has 0 aromatic heterocycles. The molecular weight excluding hydrogens is 304 g/mol. The van der Waals surface area contributed by atoms with Gasteiger partial charge < -0.3 is 5.32 Å². The normalized spacial score (nSPS) is 10.3. The Morgan fingerprint density at radius 3 is 2.40 bits per heavy atom. The fraction of sp³-hybridized carbons (Fsp3) is 0.0714. The zero-order valence-corrected chi connectivity index (χ0v) is 11.8. The minimum absolute atomic E-state index is 0.144. The lowest BCUT2D eigenvalue weighted by molar-refractivity contribution is -0.113. The molecule has 2 aromatic rings. The lowest BCUT2D eigenvalue weighted by Gasteiger charge is -2.07. The third-order valence-electron chi connectivity index (χ3n) is 2.39. The molecule has 6 heteroatoms. The second kappa shape index (κ2) is 6.72.